The summed E-state index contributed by atoms with van der Waals surface area (Å²) in [5.41, 5.74) is -0.678. The molecule has 0 N–H and O–H groups in total. The molecule has 0 bridgehead atoms. The van der Waals surface area contributed by atoms with E-state index in [1.54, 1.807) is 20.8 Å². The molecule has 1 amide bonds. The number of alkyl halides is 2. The van der Waals surface area contributed by atoms with Crippen LogP contribution in [0, 0.1) is 0 Å². The van der Waals surface area contributed by atoms with E-state index in [2.05, 4.69) is 0 Å². The van der Waals surface area contributed by atoms with E-state index in [9.17, 15) is 18.4 Å². The molecule has 0 aromatic heterocycles. The highest BCUT2D eigenvalue weighted by atomic mass is 19.3. The van der Waals surface area contributed by atoms with E-state index >= 15 is 0 Å². The van der Waals surface area contributed by atoms with Crippen molar-refractivity contribution in [3.63, 3.8) is 0 Å². The Morgan fingerprint density at radius 1 is 1.50 bits per heavy atom. The van der Waals surface area contributed by atoms with Crippen LogP contribution in [-0.2, 0) is 9.53 Å². The molecule has 0 radical (unpaired) electrons. The zero-order valence-electron chi connectivity index (χ0n) is 10.9. The van der Waals surface area contributed by atoms with Crippen molar-refractivity contribution in [1.29, 1.82) is 0 Å². The van der Waals surface area contributed by atoms with Crippen LogP contribution in [0.2, 0.25) is 0 Å². The summed E-state index contributed by atoms with van der Waals surface area (Å²) in [6.45, 7) is 5.04. The molecule has 0 aromatic rings. The molecule has 4 nitrogen and oxygen atoms in total. The van der Waals surface area contributed by atoms with Crippen LogP contribution < -0.4 is 0 Å². The normalized spacial score (nSPS) is 23.6. The summed E-state index contributed by atoms with van der Waals surface area (Å²) in [5, 5.41) is 0. The molecular formula is C12H19F2NO3. The molecule has 1 aliphatic heterocycles. The van der Waals surface area contributed by atoms with Gasteiger partial charge in [0.15, 0.2) is 0 Å². The van der Waals surface area contributed by atoms with Gasteiger partial charge in [-0.15, -0.1) is 0 Å². The minimum absolute atomic E-state index is 0.0829. The van der Waals surface area contributed by atoms with Crippen molar-refractivity contribution in [2.45, 2.75) is 57.6 Å². The van der Waals surface area contributed by atoms with Crippen LogP contribution in [0.25, 0.3) is 0 Å². The van der Waals surface area contributed by atoms with Crippen LogP contribution in [-0.4, -0.2) is 41.4 Å². The lowest BCUT2D eigenvalue weighted by molar-refractivity contribution is -0.112. The molecule has 0 aliphatic carbocycles. The van der Waals surface area contributed by atoms with Crippen LogP contribution in [0.3, 0.4) is 0 Å². The summed E-state index contributed by atoms with van der Waals surface area (Å²) in [5.74, 6) is -2.81. The van der Waals surface area contributed by atoms with Crippen molar-refractivity contribution in [3.8, 4) is 0 Å². The van der Waals surface area contributed by atoms with Crippen LogP contribution in [0.1, 0.15) is 40.0 Å². The van der Waals surface area contributed by atoms with Crippen molar-refractivity contribution in [1.82, 2.24) is 4.90 Å². The Hall–Kier alpha value is -1.20. The van der Waals surface area contributed by atoms with Crippen molar-refractivity contribution in [3.05, 3.63) is 0 Å². The maximum absolute atomic E-state index is 13.3. The van der Waals surface area contributed by atoms with Gasteiger partial charge in [-0.2, -0.15) is 0 Å². The van der Waals surface area contributed by atoms with Crippen molar-refractivity contribution >= 4 is 12.4 Å². The molecule has 6 heteroatoms. The first-order valence-electron chi connectivity index (χ1n) is 5.96. The number of nitrogens with zero attached hydrogens (tertiary/aromatic N) is 1. The van der Waals surface area contributed by atoms with E-state index < -0.39 is 30.1 Å². The van der Waals surface area contributed by atoms with E-state index in [0.29, 0.717) is 6.29 Å². The lowest BCUT2D eigenvalue weighted by atomic mass is 9.97. The highest BCUT2D eigenvalue weighted by Crippen LogP contribution is 2.33. The highest BCUT2D eigenvalue weighted by Gasteiger charge is 2.42. The molecular weight excluding hydrogens is 244 g/mol. The Morgan fingerprint density at radius 2 is 2.11 bits per heavy atom. The van der Waals surface area contributed by atoms with Gasteiger partial charge >= 0.3 is 6.09 Å². The van der Waals surface area contributed by atoms with Gasteiger partial charge in [-0.25, -0.2) is 13.6 Å². The fourth-order valence-corrected chi connectivity index (χ4v) is 1.91. The predicted octanol–water partition coefficient (Wildman–Crippen LogP) is 2.61. The number of halogens is 2. The molecule has 18 heavy (non-hydrogen) atoms. The standard InChI is InChI=1S/C12H19F2NO3/c1-11(2,3)18-10(17)15-6-5-12(13,14)8-9(15)4-7-16/h7,9H,4-6,8H2,1-3H3/t9-/m0/s1. The molecule has 0 saturated carbocycles. The highest BCUT2D eigenvalue weighted by molar-refractivity contribution is 5.69. The number of carbonyl (C=O) groups excluding carboxylic acids is 2. The Bertz CT molecular complexity index is 326. The van der Waals surface area contributed by atoms with E-state index in [1.807, 2.05) is 0 Å². The quantitative estimate of drug-likeness (QED) is 0.719. The van der Waals surface area contributed by atoms with Crippen molar-refractivity contribution < 1.29 is 23.1 Å². The molecule has 0 aromatic carbocycles. The number of aldehydes is 1. The van der Waals surface area contributed by atoms with E-state index in [-0.39, 0.29) is 19.4 Å². The fourth-order valence-electron chi connectivity index (χ4n) is 1.91. The molecule has 1 aliphatic rings. The number of ether oxygens (including phenoxy) is 1. The molecule has 1 atom stereocenters. The number of amides is 1. The van der Waals surface area contributed by atoms with Crippen LogP contribution in [0.4, 0.5) is 13.6 Å². The zero-order valence-corrected chi connectivity index (χ0v) is 10.9. The van der Waals surface area contributed by atoms with Gasteiger partial charge in [-0.3, -0.25) is 0 Å². The summed E-state index contributed by atoms with van der Waals surface area (Å²) < 4.78 is 31.7. The average molecular weight is 263 g/mol. The van der Waals surface area contributed by atoms with E-state index in [0.717, 1.165) is 0 Å². The topological polar surface area (TPSA) is 46.6 Å². The molecule has 1 rings (SSSR count). The lowest BCUT2D eigenvalue weighted by Crippen LogP contribution is -2.51. The molecule has 104 valence electrons. The summed E-state index contributed by atoms with van der Waals surface area (Å²) >= 11 is 0. The predicted molar refractivity (Wildman–Crippen MR) is 61.6 cm³/mol. The van der Waals surface area contributed by atoms with Gasteiger partial charge in [-0.1, -0.05) is 0 Å². The second-order valence-corrected chi connectivity index (χ2v) is 5.54. The van der Waals surface area contributed by atoms with Gasteiger partial charge in [0.25, 0.3) is 5.92 Å². The summed E-state index contributed by atoms with van der Waals surface area (Å²) in [6, 6.07) is -0.777. The first-order chi connectivity index (χ1) is 8.14. The minimum atomic E-state index is -2.81. The molecule has 0 spiro atoms. The van der Waals surface area contributed by atoms with Gasteiger partial charge in [0.1, 0.15) is 11.9 Å². The number of carbonyl (C=O) groups is 2. The second-order valence-electron chi connectivity index (χ2n) is 5.54. The number of likely N-dealkylation sites (tertiary alicyclic amines) is 1. The van der Waals surface area contributed by atoms with E-state index in [4.69, 9.17) is 4.74 Å². The maximum atomic E-state index is 13.3. The molecule has 0 unspecified atom stereocenters. The number of rotatable bonds is 2. The zero-order chi connectivity index (χ0) is 14.0. The number of hydrogen-bond donors (Lipinski definition) is 0. The number of piperidine rings is 1. The lowest BCUT2D eigenvalue weighted by Gasteiger charge is -2.39. The summed E-state index contributed by atoms with van der Waals surface area (Å²) in [7, 11) is 0. The first-order valence-corrected chi connectivity index (χ1v) is 5.96. The van der Waals surface area contributed by atoms with Crippen LogP contribution in [0.5, 0.6) is 0 Å². The van der Waals surface area contributed by atoms with Crippen molar-refractivity contribution in [2.24, 2.45) is 0 Å². The SMILES string of the molecule is CC(C)(C)OC(=O)N1CCC(F)(F)C[C@@H]1CC=O. The van der Waals surface area contributed by atoms with Crippen LogP contribution >= 0.6 is 0 Å². The Kier molecular flexibility index (Phi) is 4.29. The van der Waals surface area contributed by atoms with E-state index in [1.165, 1.54) is 4.90 Å². The van der Waals surface area contributed by atoms with Crippen molar-refractivity contribution in [2.75, 3.05) is 6.54 Å². The van der Waals surface area contributed by atoms with Gasteiger partial charge in [-0.05, 0) is 20.8 Å². The largest absolute Gasteiger partial charge is 0.444 e. The Labute approximate surface area is 105 Å². The van der Waals surface area contributed by atoms with Gasteiger partial charge in [0.05, 0.1) is 0 Å². The Balaban J connectivity index is 2.73. The average Bonchev–Trinajstić information content (AvgIpc) is 2.13. The van der Waals surface area contributed by atoms with Crippen LogP contribution in [0.15, 0.2) is 0 Å². The molecule has 1 saturated heterocycles. The molecule has 1 heterocycles. The summed E-state index contributed by atoms with van der Waals surface area (Å²) in [4.78, 5) is 23.6. The second kappa shape index (κ2) is 5.20. The smallest absolute Gasteiger partial charge is 0.410 e. The molecule has 1 fully saturated rings. The van der Waals surface area contributed by atoms with Gasteiger partial charge in [0, 0.05) is 31.8 Å². The monoisotopic (exact) mass is 263 g/mol. The summed E-state index contributed by atoms with van der Waals surface area (Å²) in [6.07, 6.45) is -1.03. The minimum Gasteiger partial charge on any atom is -0.444 e. The van der Waals surface area contributed by atoms with Gasteiger partial charge in [0.2, 0.25) is 0 Å². The first kappa shape index (κ1) is 14.9. The third-order valence-corrected chi connectivity index (χ3v) is 2.69. The maximum Gasteiger partial charge on any atom is 0.410 e. The van der Waals surface area contributed by atoms with Gasteiger partial charge < -0.3 is 14.4 Å². The number of hydrogen-bond acceptors (Lipinski definition) is 3. The Morgan fingerprint density at radius 3 is 2.61 bits per heavy atom. The fraction of sp³-hybridized carbons (Fsp3) is 0.833. The third-order valence-electron chi connectivity index (χ3n) is 2.69. The third kappa shape index (κ3) is 4.23.